The third-order valence-corrected chi connectivity index (χ3v) is 7.78. The predicted molar refractivity (Wildman–Crippen MR) is 177 cm³/mol. The van der Waals surface area contributed by atoms with E-state index in [2.05, 4.69) is 5.32 Å². The predicted octanol–water partition coefficient (Wildman–Crippen LogP) is 6.52. The standard InChI is InChI=1S/C34H28IN3O6/c1-21-14-15-24(16-22(21)2)36-30(39)20-44-31-28(35)18-23(19-29(31)43-3)17-27-32(40)37(25-10-6-4-7-11-25)34(42)38(33(27)41)26-12-8-5-9-13-26/h4-19H,20H2,1-3H3,(H,36,39). The molecule has 1 N–H and O–H groups in total. The number of barbiturate groups is 1. The van der Waals surface area contributed by atoms with Crippen LogP contribution >= 0.6 is 22.6 Å². The van der Waals surface area contributed by atoms with Crippen LogP contribution in [0.15, 0.2) is 96.6 Å². The van der Waals surface area contributed by atoms with Crippen molar-refractivity contribution >= 4 is 69.5 Å². The highest BCUT2D eigenvalue weighted by Gasteiger charge is 2.43. The van der Waals surface area contributed by atoms with Gasteiger partial charge in [-0.3, -0.25) is 14.4 Å². The van der Waals surface area contributed by atoms with Gasteiger partial charge in [-0.1, -0.05) is 42.5 Å². The Morgan fingerprint density at radius 3 is 1.95 bits per heavy atom. The monoisotopic (exact) mass is 701 g/mol. The Morgan fingerprint density at radius 2 is 1.41 bits per heavy atom. The molecule has 1 aliphatic heterocycles. The topological polar surface area (TPSA) is 105 Å². The Kier molecular flexibility index (Phi) is 9.09. The first-order chi connectivity index (χ1) is 21.2. The van der Waals surface area contributed by atoms with E-state index in [1.54, 1.807) is 72.8 Å². The summed E-state index contributed by atoms with van der Waals surface area (Å²) >= 11 is 2.04. The first-order valence-electron chi connectivity index (χ1n) is 13.6. The second kappa shape index (κ2) is 13.1. The number of carbonyl (C=O) groups excluding carboxylic acids is 4. The number of nitrogens with zero attached hydrogens (tertiary/aromatic N) is 2. The number of nitrogens with one attached hydrogen (secondary N) is 1. The van der Waals surface area contributed by atoms with Crippen molar-refractivity contribution in [1.29, 1.82) is 0 Å². The molecule has 5 rings (SSSR count). The SMILES string of the molecule is COc1cc(C=C2C(=O)N(c3ccccc3)C(=O)N(c3ccccc3)C2=O)cc(I)c1OCC(=O)Nc1ccc(C)c(C)c1. The van der Waals surface area contributed by atoms with Crippen LogP contribution in [0.4, 0.5) is 21.9 Å². The lowest BCUT2D eigenvalue weighted by atomic mass is 10.0. The molecule has 222 valence electrons. The van der Waals surface area contributed by atoms with Crippen LogP contribution in [-0.4, -0.2) is 37.5 Å². The van der Waals surface area contributed by atoms with E-state index in [0.29, 0.717) is 37.7 Å². The van der Waals surface area contributed by atoms with Gasteiger partial charge in [0, 0.05) is 5.69 Å². The molecule has 44 heavy (non-hydrogen) atoms. The van der Waals surface area contributed by atoms with Gasteiger partial charge in [0.2, 0.25) is 0 Å². The van der Waals surface area contributed by atoms with Gasteiger partial charge in [0.1, 0.15) is 5.57 Å². The number of hydrogen-bond acceptors (Lipinski definition) is 6. The molecule has 0 atom stereocenters. The summed E-state index contributed by atoms with van der Waals surface area (Å²) in [6.45, 7) is 3.70. The smallest absolute Gasteiger partial charge is 0.343 e. The van der Waals surface area contributed by atoms with Gasteiger partial charge < -0.3 is 14.8 Å². The molecular formula is C34H28IN3O6. The van der Waals surface area contributed by atoms with E-state index >= 15 is 0 Å². The maximum Gasteiger partial charge on any atom is 0.343 e. The molecule has 1 fully saturated rings. The number of ether oxygens (including phenoxy) is 2. The van der Waals surface area contributed by atoms with Gasteiger partial charge in [0.25, 0.3) is 17.7 Å². The van der Waals surface area contributed by atoms with E-state index in [1.807, 2.05) is 54.6 Å². The first kappa shape index (κ1) is 30.5. The number of para-hydroxylation sites is 2. The lowest BCUT2D eigenvalue weighted by Gasteiger charge is -2.34. The number of amides is 5. The number of anilines is 3. The molecule has 4 aromatic carbocycles. The molecule has 5 amide bonds. The number of benzene rings is 4. The van der Waals surface area contributed by atoms with E-state index < -0.39 is 17.8 Å². The van der Waals surface area contributed by atoms with Crippen LogP contribution < -0.4 is 24.6 Å². The van der Waals surface area contributed by atoms with E-state index in [0.717, 1.165) is 20.9 Å². The lowest BCUT2D eigenvalue weighted by Crippen LogP contribution is -2.57. The van der Waals surface area contributed by atoms with Crippen molar-refractivity contribution < 1.29 is 28.7 Å². The molecule has 1 aliphatic rings. The molecule has 9 nitrogen and oxygen atoms in total. The van der Waals surface area contributed by atoms with E-state index in [1.165, 1.54) is 13.2 Å². The van der Waals surface area contributed by atoms with Gasteiger partial charge in [0.05, 0.1) is 22.1 Å². The van der Waals surface area contributed by atoms with Gasteiger partial charge in [-0.05, 0) is 108 Å². The van der Waals surface area contributed by atoms with Gasteiger partial charge in [-0.2, -0.15) is 0 Å². The van der Waals surface area contributed by atoms with Crippen molar-refractivity contribution in [3.63, 3.8) is 0 Å². The average Bonchev–Trinajstić information content (AvgIpc) is 3.01. The summed E-state index contributed by atoms with van der Waals surface area (Å²) in [5, 5.41) is 2.82. The molecule has 0 saturated carbocycles. The second-order valence-corrected chi connectivity index (χ2v) is 11.1. The molecule has 0 spiro atoms. The van der Waals surface area contributed by atoms with Crippen LogP contribution in [0, 0.1) is 17.4 Å². The number of methoxy groups -OCH3 is 1. The van der Waals surface area contributed by atoms with Crippen molar-refractivity contribution in [1.82, 2.24) is 0 Å². The lowest BCUT2D eigenvalue weighted by molar-refractivity contribution is -0.121. The largest absolute Gasteiger partial charge is 0.493 e. The molecule has 0 radical (unpaired) electrons. The summed E-state index contributed by atoms with van der Waals surface area (Å²) in [5.41, 5.74) is 3.76. The number of aryl methyl sites for hydroxylation is 2. The molecule has 10 heteroatoms. The summed E-state index contributed by atoms with van der Waals surface area (Å²) in [6, 6.07) is 25.0. The van der Waals surface area contributed by atoms with E-state index in [9.17, 15) is 19.2 Å². The Bertz CT molecular complexity index is 1730. The summed E-state index contributed by atoms with van der Waals surface area (Å²) in [5.74, 6) is -1.22. The van der Waals surface area contributed by atoms with Crippen LogP contribution in [0.25, 0.3) is 6.08 Å². The highest BCUT2D eigenvalue weighted by atomic mass is 127. The zero-order chi connectivity index (χ0) is 31.4. The first-order valence-corrected chi connectivity index (χ1v) is 14.7. The van der Waals surface area contributed by atoms with E-state index in [4.69, 9.17) is 9.47 Å². The Morgan fingerprint density at radius 1 is 0.818 bits per heavy atom. The van der Waals surface area contributed by atoms with Crippen molar-refractivity contribution in [2.24, 2.45) is 0 Å². The average molecular weight is 702 g/mol. The van der Waals surface area contributed by atoms with Gasteiger partial charge in [-0.15, -0.1) is 0 Å². The maximum absolute atomic E-state index is 13.7. The van der Waals surface area contributed by atoms with Crippen LogP contribution in [-0.2, 0) is 14.4 Å². The molecular weight excluding hydrogens is 673 g/mol. The Hall–Kier alpha value is -4.97. The number of imide groups is 2. The third-order valence-electron chi connectivity index (χ3n) is 6.98. The summed E-state index contributed by atoms with van der Waals surface area (Å²) in [7, 11) is 1.45. The van der Waals surface area contributed by atoms with Gasteiger partial charge in [0.15, 0.2) is 18.1 Å². The highest BCUT2D eigenvalue weighted by molar-refractivity contribution is 14.1. The molecule has 0 bridgehead atoms. The number of carbonyl (C=O) groups is 4. The molecule has 0 aliphatic carbocycles. The Labute approximate surface area is 268 Å². The summed E-state index contributed by atoms with van der Waals surface area (Å²) in [4.78, 5) is 55.5. The van der Waals surface area contributed by atoms with Crippen molar-refractivity contribution in [2.45, 2.75) is 13.8 Å². The van der Waals surface area contributed by atoms with E-state index in [-0.39, 0.29) is 18.1 Å². The minimum absolute atomic E-state index is 0.211. The fourth-order valence-electron chi connectivity index (χ4n) is 4.62. The minimum atomic E-state index is -0.774. The molecule has 4 aromatic rings. The fraction of sp³-hybridized carbons (Fsp3) is 0.118. The zero-order valence-electron chi connectivity index (χ0n) is 24.2. The van der Waals surface area contributed by atoms with Crippen molar-refractivity contribution in [3.05, 3.63) is 117 Å². The van der Waals surface area contributed by atoms with Crippen LogP contribution in [0.1, 0.15) is 16.7 Å². The maximum atomic E-state index is 13.7. The number of urea groups is 1. The van der Waals surface area contributed by atoms with Crippen LogP contribution in [0.3, 0.4) is 0 Å². The van der Waals surface area contributed by atoms with Gasteiger partial charge in [-0.25, -0.2) is 14.6 Å². The quantitative estimate of drug-likeness (QED) is 0.128. The normalized spacial score (nSPS) is 13.2. The summed E-state index contributed by atoms with van der Waals surface area (Å²) in [6.07, 6.45) is 1.42. The molecule has 1 heterocycles. The van der Waals surface area contributed by atoms with Crippen LogP contribution in [0.2, 0.25) is 0 Å². The molecule has 0 unspecified atom stereocenters. The number of hydrogen-bond donors (Lipinski definition) is 1. The number of rotatable bonds is 8. The molecule has 1 saturated heterocycles. The highest BCUT2D eigenvalue weighted by Crippen LogP contribution is 2.36. The fourth-order valence-corrected chi connectivity index (χ4v) is 5.40. The Balaban J connectivity index is 1.45. The molecule has 0 aromatic heterocycles. The minimum Gasteiger partial charge on any atom is -0.493 e. The van der Waals surface area contributed by atoms with Crippen molar-refractivity contribution in [3.8, 4) is 11.5 Å². The second-order valence-electron chi connectivity index (χ2n) is 9.96. The van der Waals surface area contributed by atoms with Crippen molar-refractivity contribution in [2.75, 3.05) is 28.8 Å². The van der Waals surface area contributed by atoms with Gasteiger partial charge >= 0.3 is 6.03 Å². The van der Waals surface area contributed by atoms with Crippen LogP contribution in [0.5, 0.6) is 11.5 Å². The third kappa shape index (κ3) is 6.35. The number of halogens is 1. The summed E-state index contributed by atoms with van der Waals surface area (Å²) < 4.78 is 12.0. The zero-order valence-corrected chi connectivity index (χ0v) is 26.3.